The minimum Gasteiger partial charge on any atom is -0.495 e. The van der Waals surface area contributed by atoms with E-state index in [0.29, 0.717) is 41.4 Å². The minimum atomic E-state index is 0.0815. The summed E-state index contributed by atoms with van der Waals surface area (Å²) in [5, 5.41) is 0.539. The van der Waals surface area contributed by atoms with Gasteiger partial charge in [0.15, 0.2) is 11.5 Å². The Morgan fingerprint density at radius 3 is 2.41 bits per heavy atom. The second-order valence-corrected chi connectivity index (χ2v) is 7.76. The lowest BCUT2D eigenvalue weighted by Gasteiger charge is -2.39. The molecule has 2 aromatic carbocycles. The zero-order valence-corrected chi connectivity index (χ0v) is 17.6. The van der Waals surface area contributed by atoms with E-state index in [4.69, 9.17) is 25.8 Å². The first-order valence-corrected chi connectivity index (χ1v) is 10.0. The van der Waals surface area contributed by atoms with Crippen molar-refractivity contribution in [3.05, 3.63) is 47.0 Å². The van der Waals surface area contributed by atoms with Gasteiger partial charge in [0, 0.05) is 30.4 Å². The van der Waals surface area contributed by atoms with Gasteiger partial charge in [0.1, 0.15) is 5.75 Å². The maximum absolute atomic E-state index is 13.0. The van der Waals surface area contributed by atoms with E-state index in [1.165, 1.54) is 0 Å². The number of rotatable bonds is 5. The third-order valence-corrected chi connectivity index (χ3v) is 6.21. The standard InChI is InChI=1S/C22H25ClN2O4/c1-27-19-9-4-14(10-21(19)29-3)18-8-6-16-12-25(22(26)13-24(16)18)15-5-7-17(23)20(11-15)28-2/h4-5,7,9-11,16,18H,6,8,12-13H2,1-3H3/t16-,18-/m0/s1. The lowest BCUT2D eigenvalue weighted by atomic mass is 10.0. The fraction of sp³-hybridized carbons (Fsp3) is 0.409. The number of carbonyl (C=O) groups is 1. The molecule has 0 spiro atoms. The van der Waals surface area contributed by atoms with E-state index in [9.17, 15) is 4.79 Å². The predicted molar refractivity (Wildman–Crippen MR) is 112 cm³/mol. The van der Waals surface area contributed by atoms with Crippen LogP contribution in [0, 0.1) is 0 Å². The SMILES string of the molecule is COc1cc(N2C[C@@H]3CC[C@@H](c4ccc(OC)c(OC)c4)N3CC2=O)ccc1Cl. The van der Waals surface area contributed by atoms with E-state index in [1.54, 1.807) is 27.4 Å². The normalized spacial score (nSPS) is 21.8. The van der Waals surface area contributed by atoms with Gasteiger partial charge in [-0.15, -0.1) is 0 Å². The fourth-order valence-corrected chi connectivity index (χ4v) is 4.60. The highest BCUT2D eigenvalue weighted by atomic mass is 35.5. The van der Waals surface area contributed by atoms with Crippen LogP contribution in [0.1, 0.15) is 24.4 Å². The molecule has 7 heteroatoms. The quantitative estimate of drug-likeness (QED) is 0.739. The van der Waals surface area contributed by atoms with Crippen LogP contribution in [-0.2, 0) is 4.79 Å². The van der Waals surface area contributed by atoms with Crippen molar-refractivity contribution in [2.45, 2.75) is 24.9 Å². The van der Waals surface area contributed by atoms with Crippen molar-refractivity contribution in [2.24, 2.45) is 0 Å². The molecular weight excluding hydrogens is 392 g/mol. The van der Waals surface area contributed by atoms with Crippen molar-refractivity contribution in [2.75, 3.05) is 39.3 Å². The summed E-state index contributed by atoms with van der Waals surface area (Å²) in [5.74, 6) is 2.09. The lowest BCUT2D eigenvalue weighted by Crippen LogP contribution is -2.54. The van der Waals surface area contributed by atoms with E-state index in [0.717, 1.165) is 24.1 Å². The van der Waals surface area contributed by atoms with Crippen molar-refractivity contribution >= 4 is 23.2 Å². The Morgan fingerprint density at radius 1 is 0.931 bits per heavy atom. The first-order valence-electron chi connectivity index (χ1n) is 9.67. The van der Waals surface area contributed by atoms with Crippen LogP contribution in [0.3, 0.4) is 0 Å². The molecule has 2 aliphatic rings. The van der Waals surface area contributed by atoms with Gasteiger partial charge in [-0.1, -0.05) is 17.7 Å². The van der Waals surface area contributed by atoms with Gasteiger partial charge in [-0.3, -0.25) is 9.69 Å². The molecule has 29 heavy (non-hydrogen) atoms. The van der Waals surface area contributed by atoms with Crippen molar-refractivity contribution in [1.82, 2.24) is 4.90 Å². The largest absolute Gasteiger partial charge is 0.495 e. The molecule has 2 saturated heterocycles. The molecule has 6 nitrogen and oxygen atoms in total. The van der Waals surface area contributed by atoms with E-state index in [-0.39, 0.29) is 11.9 Å². The number of piperazine rings is 1. The molecule has 0 aliphatic carbocycles. The highest BCUT2D eigenvalue weighted by molar-refractivity contribution is 6.32. The predicted octanol–water partition coefficient (Wildman–Crippen LogP) is 3.92. The summed E-state index contributed by atoms with van der Waals surface area (Å²) in [6.07, 6.45) is 2.04. The van der Waals surface area contributed by atoms with Crippen LogP contribution in [0.5, 0.6) is 17.2 Å². The molecule has 1 amide bonds. The number of fused-ring (bicyclic) bond motifs is 1. The Morgan fingerprint density at radius 2 is 1.69 bits per heavy atom. The van der Waals surface area contributed by atoms with E-state index >= 15 is 0 Å². The smallest absolute Gasteiger partial charge is 0.241 e. The minimum absolute atomic E-state index is 0.0815. The Labute approximate surface area is 175 Å². The van der Waals surface area contributed by atoms with E-state index in [1.807, 2.05) is 29.2 Å². The van der Waals surface area contributed by atoms with Crippen LogP contribution in [0.25, 0.3) is 0 Å². The number of hydrogen-bond donors (Lipinski definition) is 0. The lowest BCUT2D eigenvalue weighted by molar-refractivity contribution is -0.122. The molecular formula is C22H25ClN2O4. The number of hydrogen-bond acceptors (Lipinski definition) is 5. The number of halogens is 1. The number of amides is 1. The maximum Gasteiger partial charge on any atom is 0.241 e. The average molecular weight is 417 g/mol. The number of carbonyl (C=O) groups excluding carboxylic acids is 1. The van der Waals surface area contributed by atoms with Crippen LogP contribution in [0.2, 0.25) is 5.02 Å². The molecule has 2 aromatic rings. The Bertz CT molecular complexity index is 920. The molecule has 0 N–H and O–H groups in total. The number of methoxy groups -OCH3 is 3. The zero-order valence-electron chi connectivity index (χ0n) is 16.9. The number of benzene rings is 2. The number of anilines is 1. The highest BCUT2D eigenvalue weighted by Crippen LogP contribution is 2.41. The molecule has 0 saturated carbocycles. The molecule has 0 unspecified atom stereocenters. The summed E-state index contributed by atoms with van der Waals surface area (Å²) in [5.41, 5.74) is 1.98. The van der Waals surface area contributed by atoms with Crippen molar-refractivity contribution in [1.29, 1.82) is 0 Å². The van der Waals surface area contributed by atoms with Gasteiger partial charge in [-0.2, -0.15) is 0 Å². The Kier molecular flexibility index (Phi) is 5.56. The molecule has 2 fully saturated rings. The Hall–Kier alpha value is -2.44. The molecule has 2 atom stereocenters. The number of nitrogens with zero attached hydrogens (tertiary/aromatic N) is 2. The Balaban J connectivity index is 1.55. The monoisotopic (exact) mass is 416 g/mol. The molecule has 4 rings (SSSR count). The second kappa shape index (κ2) is 8.13. The zero-order chi connectivity index (χ0) is 20.5. The molecule has 154 valence electrons. The third-order valence-electron chi connectivity index (χ3n) is 5.89. The van der Waals surface area contributed by atoms with Gasteiger partial charge in [-0.25, -0.2) is 0 Å². The third kappa shape index (κ3) is 3.63. The summed E-state index contributed by atoms with van der Waals surface area (Å²) in [7, 11) is 4.85. The summed E-state index contributed by atoms with van der Waals surface area (Å²) in [6, 6.07) is 12.0. The van der Waals surface area contributed by atoms with Gasteiger partial charge in [0.2, 0.25) is 5.91 Å². The molecule has 0 radical (unpaired) electrons. The van der Waals surface area contributed by atoms with Crippen molar-refractivity contribution in [3.63, 3.8) is 0 Å². The number of ether oxygens (including phenoxy) is 3. The van der Waals surface area contributed by atoms with Gasteiger partial charge >= 0.3 is 0 Å². The highest BCUT2D eigenvalue weighted by Gasteiger charge is 2.41. The molecule has 2 heterocycles. The van der Waals surface area contributed by atoms with E-state index < -0.39 is 0 Å². The van der Waals surface area contributed by atoms with Gasteiger partial charge in [0.25, 0.3) is 0 Å². The topological polar surface area (TPSA) is 51.2 Å². The molecule has 0 bridgehead atoms. The second-order valence-electron chi connectivity index (χ2n) is 7.36. The van der Waals surface area contributed by atoms with Crippen molar-refractivity contribution < 1.29 is 19.0 Å². The molecule has 2 aliphatic heterocycles. The van der Waals surface area contributed by atoms with Crippen LogP contribution in [-0.4, -0.2) is 51.3 Å². The van der Waals surface area contributed by atoms with Crippen LogP contribution >= 0.6 is 11.6 Å². The maximum atomic E-state index is 13.0. The van der Waals surface area contributed by atoms with Gasteiger partial charge in [0.05, 0.1) is 32.9 Å². The van der Waals surface area contributed by atoms with Crippen LogP contribution < -0.4 is 19.1 Å². The first kappa shape index (κ1) is 19.9. The fourth-order valence-electron chi connectivity index (χ4n) is 4.41. The first-order chi connectivity index (χ1) is 14.0. The summed E-state index contributed by atoms with van der Waals surface area (Å²) < 4.78 is 16.1. The van der Waals surface area contributed by atoms with Gasteiger partial charge in [-0.05, 0) is 42.7 Å². The summed E-state index contributed by atoms with van der Waals surface area (Å²) >= 11 is 6.14. The van der Waals surface area contributed by atoms with E-state index in [2.05, 4.69) is 11.0 Å². The van der Waals surface area contributed by atoms with Crippen LogP contribution in [0.15, 0.2) is 36.4 Å². The summed E-state index contributed by atoms with van der Waals surface area (Å²) in [4.78, 5) is 17.1. The van der Waals surface area contributed by atoms with Crippen molar-refractivity contribution in [3.8, 4) is 17.2 Å². The van der Waals surface area contributed by atoms with Crippen LogP contribution in [0.4, 0.5) is 5.69 Å². The molecule has 0 aromatic heterocycles. The van der Waals surface area contributed by atoms with Gasteiger partial charge < -0.3 is 19.1 Å². The summed E-state index contributed by atoms with van der Waals surface area (Å²) in [6.45, 7) is 1.04. The average Bonchev–Trinajstić information content (AvgIpc) is 3.15.